The Balaban J connectivity index is 1.64. The van der Waals surface area contributed by atoms with Crippen LogP contribution in [0.15, 0.2) is 6.33 Å². The van der Waals surface area contributed by atoms with Gasteiger partial charge in [0.2, 0.25) is 5.82 Å². The molecule has 2 aromatic heterocycles. The van der Waals surface area contributed by atoms with Gasteiger partial charge in [0.15, 0.2) is 11.5 Å². The number of anilines is 1. The van der Waals surface area contributed by atoms with Crippen LogP contribution in [0.1, 0.15) is 62.0 Å². The van der Waals surface area contributed by atoms with Crippen LogP contribution in [0.5, 0.6) is 0 Å². The van der Waals surface area contributed by atoms with Gasteiger partial charge >= 0.3 is 16.1 Å². The highest BCUT2D eigenvalue weighted by Crippen LogP contribution is 2.30. The summed E-state index contributed by atoms with van der Waals surface area (Å²) in [5.41, 5.74) is 1.17. The van der Waals surface area contributed by atoms with Crippen LogP contribution in [0.4, 0.5) is 5.82 Å². The number of carbonyl (C=O) groups is 1. The van der Waals surface area contributed by atoms with E-state index >= 15 is 0 Å². The van der Waals surface area contributed by atoms with Crippen molar-refractivity contribution >= 4 is 33.1 Å². The number of nitrogens with one attached hydrogen (secondary N) is 2. The predicted molar refractivity (Wildman–Crippen MR) is 118 cm³/mol. The van der Waals surface area contributed by atoms with Crippen LogP contribution in [-0.2, 0) is 16.8 Å². The molecule has 170 valence electrons. The molecule has 0 radical (unpaired) electrons. The molecule has 4 rings (SSSR count). The van der Waals surface area contributed by atoms with E-state index in [9.17, 15) is 13.2 Å². The summed E-state index contributed by atoms with van der Waals surface area (Å²) >= 11 is 0. The van der Waals surface area contributed by atoms with Crippen LogP contribution in [0.25, 0.3) is 11.2 Å². The zero-order chi connectivity index (χ0) is 22.0. The lowest BCUT2D eigenvalue weighted by Gasteiger charge is -2.26. The van der Waals surface area contributed by atoms with E-state index < -0.39 is 16.1 Å². The molecule has 2 fully saturated rings. The maximum Gasteiger partial charge on any atom is 0.303 e. The van der Waals surface area contributed by atoms with Gasteiger partial charge in [0.25, 0.3) is 0 Å². The Morgan fingerprint density at radius 2 is 1.81 bits per heavy atom. The maximum atomic E-state index is 12.6. The summed E-state index contributed by atoms with van der Waals surface area (Å²) in [6, 6.07) is 0. The smallest absolute Gasteiger partial charge is 0.303 e. The Morgan fingerprint density at radius 3 is 2.45 bits per heavy atom. The average molecular weight is 450 g/mol. The highest BCUT2D eigenvalue weighted by Gasteiger charge is 2.25. The molecule has 11 heteroatoms. The number of carbonyl (C=O) groups excluding carboxylic acids is 1. The molecule has 2 heterocycles. The molecule has 2 aliphatic rings. The summed E-state index contributed by atoms with van der Waals surface area (Å²) in [5, 5.41) is 3.38. The first kappa shape index (κ1) is 21.9. The summed E-state index contributed by atoms with van der Waals surface area (Å²) < 4.78 is 29.1. The second kappa shape index (κ2) is 9.07. The van der Waals surface area contributed by atoms with Crippen LogP contribution >= 0.6 is 0 Å². The Hall–Kier alpha value is -2.27. The lowest BCUT2D eigenvalue weighted by molar-refractivity contribution is 0.0970. The summed E-state index contributed by atoms with van der Waals surface area (Å²) in [7, 11) is -1.25. The number of aromatic nitrogens is 4. The quantitative estimate of drug-likeness (QED) is 0.633. The zero-order valence-corrected chi connectivity index (χ0v) is 19.0. The summed E-state index contributed by atoms with van der Waals surface area (Å²) in [5.74, 6) is 0.642. The maximum absolute atomic E-state index is 12.6. The molecule has 0 spiro atoms. The van der Waals surface area contributed by atoms with Crippen molar-refractivity contribution in [3.63, 3.8) is 0 Å². The fourth-order valence-electron chi connectivity index (χ4n) is 4.18. The van der Waals surface area contributed by atoms with Gasteiger partial charge in [-0.2, -0.15) is 12.7 Å². The zero-order valence-electron chi connectivity index (χ0n) is 18.2. The number of amides is 1. The van der Waals surface area contributed by atoms with Crippen LogP contribution in [0.3, 0.4) is 0 Å². The van der Waals surface area contributed by atoms with E-state index in [4.69, 9.17) is 0 Å². The molecule has 2 saturated carbocycles. The first-order valence-electron chi connectivity index (χ1n) is 11.0. The van der Waals surface area contributed by atoms with Gasteiger partial charge in [-0.1, -0.05) is 25.7 Å². The van der Waals surface area contributed by atoms with E-state index in [0.717, 1.165) is 22.9 Å². The van der Waals surface area contributed by atoms with Crippen molar-refractivity contribution < 1.29 is 13.2 Å². The third-order valence-corrected chi connectivity index (χ3v) is 7.75. The van der Waals surface area contributed by atoms with Crippen LogP contribution in [-0.4, -0.2) is 58.8 Å². The molecule has 2 aliphatic carbocycles. The standard InChI is InChI=1S/C20H31N7O3S/c1-26(2)31(29,30)25-20(28)19-23-17(21-11-14-9-6-10-14)16-18(24-19)22-13-27(16)12-15-7-4-3-5-8-15/h13-15H,3-12H2,1-2H3,(H,25,28)(H,21,23,24). The van der Waals surface area contributed by atoms with Crippen molar-refractivity contribution in [2.24, 2.45) is 11.8 Å². The fraction of sp³-hybridized carbons (Fsp3) is 0.700. The number of hydrogen-bond acceptors (Lipinski definition) is 7. The topological polar surface area (TPSA) is 122 Å². The lowest BCUT2D eigenvalue weighted by Crippen LogP contribution is -2.40. The molecule has 2 aromatic rings. The Labute approximate surface area is 183 Å². The molecular formula is C20H31N7O3S. The van der Waals surface area contributed by atoms with Crippen molar-refractivity contribution in [2.45, 2.75) is 57.9 Å². The van der Waals surface area contributed by atoms with Gasteiger partial charge in [0.05, 0.1) is 6.33 Å². The predicted octanol–water partition coefficient (Wildman–Crippen LogP) is 2.15. The summed E-state index contributed by atoms with van der Waals surface area (Å²) in [6.07, 6.45) is 11.6. The third kappa shape index (κ3) is 4.98. The Kier molecular flexibility index (Phi) is 6.42. The van der Waals surface area contributed by atoms with E-state index in [-0.39, 0.29) is 5.82 Å². The van der Waals surface area contributed by atoms with E-state index in [2.05, 4.69) is 24.8 Å². The molecule has 10 nitrogen and oxygen atoms in total. The van der Waals surface area contributed by atoms with Gasteiger partial charge in [-0.05, 0) is 37.5 Å². The van der Waals surface area contributed by atoms with Crippen molar-refractivity contribution in [3.8, 4) is 0 Å². The van der Waals surface area contributed by atoms with E-state index in [0.29, 0.717) is 23.3 Å². The number of imidazole rings is 1. The van der Waals surface area contributed by atoms with E-state index in [1.165, 1.54) is 65.5 Å². The number of nitrogens with zero attached hydrogens (tertiary/aromatic N) is 5. The van der Waals surface area contributed by atoms with Crippen molar-refractivity contribution in [3.05, 3.63) is 12.2 Å². The second-order valence-corrected chi connectivity index (χ2v) is 10.7. The third-order valence-electron chi connectivity index (χ3n) is 6.34. The minimum Gasteiger partial charge on any atom is -0.368 e. The number of rotatable bonds is 8. The molecule has 31 heavy (non-hydrogen) atoms. The highest BCUT2D eigenvalue weighted by molar-refractivity contribution is 7.87. The first-order chi connectivity index (χ1) is 14.8. The normalized spacial score (nSPS) is 18.3. The molecule has 0 aliphatic heterocycles. The fourth-order valence-corrected chi connectivity index (χ4v) is 4.69. The van der Waals surface area contributed by atoms with Crippen molar-refractivity contribution in [1.29, 1.82) is 0 Å². The Morgan fingerprint density at radius 1 is 1.10 bits per heavy atom. The summed E-state index contributed by atoms with van der Waals surface area (Å²) in [4.78, 5) is 25.7. The molecule has 0 aromatic carbocycles. The Bertz CT molecular complexity index is 1040. The van der Waals surface area contributed by atoms with E-state index in [1.807, 2.05) is 4.72 Å². The van der Waals surface area contributed by atoms with Crippen molar-refractivity contribution in [1.82, 2.24) is 28.5 Å². The van der Waals surface area contributed by atoms with Gasteiger partial charge in [-0.25, -0.2) is 19.7 Å². The molecule has 0 bridgehead atoms. The molecular weight excluding hydrogens is 418 g/mol. The first-order valence-corrected chi connectivity index (χ1v) is 12.5. The average Bonchev–Trinajstić information content (AvgIpc) is 3.10. The largest absolute Gasteiger partial charge is 0.368 e. The number of fused-ring (bicyclic) bond motifs is 1. The monoisotopic (exact) mass is 449 g/mol. The van der Waals surface area contributed by atoms with Gasteiger partial charge in [-0.3, -0.25) is 4.79 Å². The number of hydrogen-bond donors (Lipinski definition) is 2. The molecule has 2 N–H and O–H groups in total. The molecule has 0 unspecified atom stereocenters. The van der Waals surface area contributed by atoms with Crippen LogP contribution in [0.2, 0.25) is 0 Å². The molecule has 0 atom stereocenters. The molecule has 1 amide bonds. The van der Waals surface area contributed by atoms with Gasteiger partial charge in [0.1, 0.15) is 5.52 Å². The van der Waals surface area contributed by atoms with Crippen LogP contribution < -0.4 is 10.0 Å². The lowest BCUT2D eigenvalue weighted by atomic mass is 9.85. The minimum atomic E-state index is -3.94. The molecule has 0 saturated heterocycles. The van der Waals surface area contributed by atoms with Gasteiger partial charge in [-0.15, -0.1) is 0 Å². The van der Waals surface area contributed by atoms with Crippen molar-refractivity contribution in [2.75, 3.05) is 26.0 Å². The summed E-state index contributed by atoms with van der Waals surface area (Å²) in [6.45, 7) is 1.61. The SMILES string of the molecule is CN(C)S(=O)(=O)NC(=O)c1nc(NCC2CCC2)c2c(ncn2CC2CCCCC2)n1. The highest BCUT2D eigenvalue weighted by atomic mass is 32.2. The van der Waals surface area contributed by atoms with Crippen LogP contribution in [0, 0.1) is 11.8 Å². The minimum absolute atomic E-state index is 0.211. The van der Waals surface area contributed by atoms with E-state index in [1.54, 1.807) is 6.33 Å². The van der Waals surface area contributed by atoms with Gasteiger partial charge in [0, 0.05) is 27.2 Å². The van der Waals surface area contributed by atoms with Gasteiger partial charge < -0.3 is 9.88 Å². The second-order valence-electron chi connectivity index (χ2n) is 8.87.